The molecule has 0 aromatic carbocycles. The second kappa shape index (κ2) is 7.86. The smallest absolute Gasteiger partial charge is 0.274 e. The number of hydrogen-bond acceptors (Lipinski definition) is 5. The summed E-state index contributed by atoms with van der Waals surface area (Å²) >= 11 is 0. The molecule has 1 amide bonds. The van der Waals surface area contributed by atoms with Gasteiger partial charge in [0.25, 0.3) is 5.91 Å². The molecule has 0 bridgehead atoms. The molecule has 0 saturated carbocycles. The first-order valence-electron chi connectivity index (χ1n) is 8.48. The first kappa shape index (κ1) is 16.4. The van der Waals surface area contributed by atoms with Crippen molar-refractivity contribution in [2.45, 2.75) is 38.1 Å². The van der Waals surface area contributed by atoms with Gasteiger partial charge in [0.1, 0.15) is 11.5 Å². The van der Waals surface area contributed by atoms with Crippen LogP contribution in [0.3, 0.4) is 0 Å². The van der Waals surface area contributed by atoms with Crippen LogP contribution in [0.4, 0.5) is 5.82 Å². The summed E-state index contributed by atoms with van der Waals surface area (Å²) in [7, 11) is 1.87. The zero-order valence-corrected chi connectivity index (χ0v) is 14.0. The number of piperidine rings is 1. The Morgan fingerprint density at radius 3 is 3.04 bits per heavy atom. The highest BCUT2D eigenvalue weighted by Crippen LogP contribution is 2.23. The summed E-state index contributed by atoms with van der Waals surface area (Å²) in [5.41, 5.74) is 1.49. The number of amides is 1. The van der Waals surface area contributed by atoms with Gasteiger partial charge in [0.05, 0.1) is 6.20 Å². The predicted octanol–water partition coefficient (Wildman–Crippen LogP) is 2.54. The lowest BCUT2D eigenvalue weighted by Crippen LogP contribution is -2.44. The van der Waals surface area contributed by atoms with Gasteiger partial charge in [-0.05, 0) is 44.2 Å². The minimum absolute atomic E-state index is 0.00950. The number of nitrogens with one attached hydrogen (secondary N) is 1. The van der Waals surface area contributed by atoms with Gasteiger partial charge in [-0.15, -0.1) is 0 Å². The third-order valence-corrected chi connectivity index (χ3v) is 4.47. The highest BCUT2D eigenvalue weighted by atomic mass is 16.2. The zero-order chi connectivity index (χ0) is 16.8. The molecule has 0 aliphatic carbocycles. The fourth-order valence-electron chi connectivity index (χ4n) is 3.20. The van der Waals surface area contributed by atoms with Gasteiger partial charge in [-0.1, -0.05) is 6.07 Å². The Kier molecular flexibility index (Phi) is 5.36. The maximum Gasteiger partial charge on any atom is 0.274 e. The molecule has 1 saturated heterocycles. The van der Waals surface area contributed by atoms with Crippen LogP contribution in [0, 0.1) is 0 Å². The van der Waals surface area contributed by atoms with Crippen LogP contribution in [0.25, 0.3) is 0 Å². The highest BCUT2D eigenvalue weighted by Gasteiger charge is 2.28. The molecule has 1 fully saturated rings. The molecule has 1 N–H and O–H groups in total. The van der Waals surface area contributed by atoms with Gasteiger partial charge in [-0.25, -0.2) is 9.97 Å². The Hall–Kier alpha value is -2.50. The molecule has 2 aromatic heterocycles. The summed E-state index contributed by atoms with van der Waals surface area (Å²) in [4.78, 5) is 27.4. The van der Waals surface area contributed by atoms with E-state index >= 15 is 0 Å². The molecular weight excluding hydrogens is 302 g/mol. The molecule has 6 heteroatoms. The topological polar surface area (TPSA) is 71.0 Å². The number of anilines is 1. The second-order valence-electron chi connectivity index (χ2n) is 6.04. The SMILES string of the molecule is CNc1cccc(CCC2CCCCN2C(=O)c2cnccn2)n1. The number of hydrogen-bond donors (Lipinski definition) is 1. The van der Waals surface area contributed by atoms with Crippen LogP contribution in [0.1, 0.15) is 41.9 Å². The molecule has 2 aromatic rings. The first-order chi connectivity index (χ1) is 11.8. The van der Waals surface area contributed by atoms with Crippen LogP contribution in [-0.2, 0) is 6.42 Å². The van der Waals surface area contributed by atoms with Crippen molar-refractivity contribution in [1.29, 1.82) is 0 Å². The molecule has 3 heterocycles. The molecule has 1 unspecified atom stereocenters. The average Bonchev–Trinajstić information content (AvgIpc) is 2.67. The van der Waals surface area contributed by atoms with Gasteiger partial charge < -0.3 is 10.2 Å². The lowest BCUT2D eigenvalue weighted by Gasteiger charge is -2.35. The van der Waals surface area contributed by atoms with E-state index in [0.29, 0.717) is 5.69 Å². The normalized spacial score (nSPS) is 17.5. The van der Waals surface area contributed by atoms with Crippen molar-refractivity contribution in [3.8, 4) is 0 Å². The van der Waals surface area contributed by atoms with Crippen LogP contribution < -0.4 is 5.32 Å². The van der Waals surface area contributed by atoms with E-state index in [4.69, 9.17) is 0 Å². The van der Waals surface area contributed by atoms with Gasteiger partial charge in [-0.3, -0.25) is 9.78 Å². The summed E-state index contributed by atoms with van der Waals surface area (Å²) in [6.45, 7) is 0.796. The third kappa shape index (κ3) is 3.88. The molecule has 0 spiro atoms. The number of rotatable bonds is 5. The predicted molar refractivity (Wildman–Crippen MR) is 92.8 cm³/mol. The van der Waals surface area contributed by atoms with Crippen LogP contribution in [-0.4, -0.2) is 45.4 Å². The molecular formula is C18H23N5O. The van der Waals surface area contributed by atoms with E-state index in [1.165, 1.54) is 6.42 Å². The number of aryl methyl sites for hydroxylation is 1. The van der Waals surface area contributed by atoms with Crippen LogP contribution in [0.5, 0.6) is 0 Å². The standard InChI is InChI=1S/C18H23N5O/c1-19-17-7-4-5-14(22-17)8-9-15-6-2-3-12-23(15)18(24)16-13-20-10-11-21-16/h4-5,7,10-11,13,15H,2-3,6,8-9,12H2,1H3,(H,19,22). The maximum atomic E-state index is 12.7. The molecule has 3 rings (SSSR count). The van der Waals surface area contributed by atoms with Crippen molar-refractivity contribution < 1.29 is 4.79 Å². The van der Waals surface area contributed by atoms with Crippen molar-refractivity contribution in [2.75, 3.05) is 18.9 Å². The molecule has 1 aliphatic heterocycles. The van der Waals surface area contributed by atoms with Crippen molar-refractivity contribution >= 4 is 11.7 Å². The van der Waals surface area contributed by atoms with Crippen molar-refractivity contribution in [2.24, 2.45) is 0 Å². The average molecular weight is 325 g/mol. The lowest BCUT2D eigenvalue weighted by molar-refractivity contribution is 0.0595. The Labute approximate surface area is 142 Å². The quantitative estimate of drug-likeness (QED) is 0.915. The lowest BCUT2D eigenvalue weighted by atomic mass is 9.96. The summed E-state index contributed by atoms with van der Waals surface area (Å²) in [5, 5.41) is 3.06. The maximum absolute atomic E-state index is 12.7. The summed E-state index contributed by atoms with van der Waals surface area (Å²) < 4.78 is 0. The van der Waals surface area contributed by atoms with E-state index in [1.807, 2.05) is 30.1 Å². The zero-order valence-electron chi connectivity index (χ0n) is 14.0. The number of pyridine rings is 1. The van der Waals surface area contributed by atoms with Gasteiger partial charge in [-0.2, -0.15) is 0 Å². The van der Waals surface area contributed by atoms with Gasteiger partial charge >= 0.3 is 0 Å². The summed E-state index contributed by atoms with van der Waals surface area (Å²) in [5.74, 6) is 0.869. The fourth-order valence-corrected chi connectivity index (χ4v) is 3.20. The molecule has 126 valence electrons. The van der Waals surface area contributed by atoms with Gasteiger partial charge in [0.15, 0.2) is 0 Å². The number of carbonyl (C=O) groups is 1. The minimum atomic E-state index is -0.00950. The number of aromatic nitrogens is 3. The van der Waals surface area contributed by atoms with E-state index in [9.17, 15) is 4.79 Å². The van der Waals surface area contributed by atoms with E-state index < -0.39 is 0 Å². The number of nitrogens with zero attached hydrogens (tertiary/aromatic N) is 4. The largest absolute Gasteiger partial charge is 0.373 e. The number of likely N-dealkylation sites (tertiary alicyclic amines) is 1. The highest BCUT2D eigenvalue weighted by molar-refractivity contribution is 5.92. The molecule has 1 aliphatic rings. The van der Waals surface area contributed by atoms with Crippen molar-refractivity contribution in [1.82, 2.24) is 19.9 Å². The van der Waals surface area contributed by atoms with E-state index in [0.717, 1.165) is 43.7 Å². The van der Waals surface area contributed by atoms with Crippen molar-refractivity contribution in [3.05, 3.63) is 48.2 Å². The van der Waals surface area contributed by atoms with Crippen LogP contribution in [0.2, 0.25) is 0 Å². The third-order valence-electron chi connectivity index (χ3n) is 4.47. The summed E-state index contributed by atoms with van der Waals surface area (Å²) in [6, 6.07) is 6.25. The van der Waals surface area contributed by atoms with E-state index in [-0.39, 0.29) is 11.9 Å². The monoisotopic (exact) mass is 325 g/mol. The van der Waals surface area contributed by atoms with Crippen LogP contribution >= 0.6 is 0 Å². The van der Waals surface area contributed by atoms with E-state index in [2.05, 4.69) is 20.3 Å². The first-order valence-corrected chi connectivity index (χ1v) is 8.48. The molecule has 0 radical (unpaired) electrons. The molecule has 1 atom stereocenters. The Morgan fingerprint density at radius 2 is 2.25 bits per heavy atom. The summed E-state index contributed by atoms with van der Waals surface area (Å²) in [6.07, 6.45) is 9.75. The Morgan fingerprint density at radius 1 is 1.33 bits per heavy atom. The Bertz CT molecular complexity index is 676. The number of carbonyl (C=O) groups excluding carboxylic acids is 1. The molecule has 24 heavy (non-hydrogen) atoms. The van der Waals surface area contributed by atoms with Gasteiger partial charge in [0.2, 0.25) is 0 Å². The minimum Gasteiger partial charge on any atom is -0.373 e. The van der Waals surface area contributed by atoms with Gasteiger partial charge in [0, 0.05) is 37.7 Å². The second-order valence-corrected chi connectivity index (χ2v) is 6.04. The van der Waals surface area contributed by atoms with E-state index in [1.54, 1.807) is 18.6 Å². The Balaban J connectivity index is 1.67. The molecule has 6 nitrogen and oxygen atoms in total. The van der Waals surface area contributed by atoms with Crippen molar-refractivity contribution in [3.63, 3.8) is 0 Å². The van der Waals surface area contributed by atoms with Crippen LogP contribution in [0.15, 0.2) is 36.8 Å². The fraction of sp³-hybridized carbons (Fsp3) is 0.444.